The second kappa shape index (κ2) is 5.76. The molecule has 3 nitrogen and oxygen atoms in total. The van der Waals surface area contributed by atoms with Gasteiger partial charge in [0.15, 0.2) is 0 Å². The lowest BCUT2D eigenvalue weighted by Gasteiger charge is -2.24. The van der Waals surface area contributed by atoms with Crippen molar-refractivity contribution in [1.82, 2.24) is 4.90 Å². The molecule has 0 saturated carbocycles. The summed E-state index contributed by atoms with van der Waals surface area (Å²) in [6.45, 7) is 7.33. The minimum absolute atomic E-state index is 0.180. The van der Waals surface area contributed by atoms with E-state index < -0.39 is 5.60 Å². The Kier molecular flexibility index (Phi) is 4.90. The maximum absolute atomic E-state index is 11.8. The predicted molar refractivity (Wildman–Crippen MR) is 65.9 cm³/mol. The van der Waals surface area contributed by atoms with Crippen molar-refractivity contribution in [2.45, 2.75) is 45.6 Å². The molecule has 0 radical (unpaired) electrons. The third kappa shape index (κ3) is 4.60. The molecular weight excluding hydrogens is 226 g/mol. The van der Waals surface area contributed by atoms with Gasteiger partial charge in [-0.05, 0) is 46.0 Å². The van der Waals surface area contributed by atoms with Crippen molar-refractivity contribution in [3.8, 4) is 0 Å². The second-order valence-corrected chi connectivity index (χ2v) is 5.79. The summed E-state index contributed by atoms with van der Waals surface area (Å²) in [6, 6.07) is 0. The highest BCUT2D eigenvalue weighted by atomic mass is 35.5. The third-order valence-electron chi connectivity index (χ3n) is 2.68. The predicted octanol–water partition coefficient (Wildman–Crippen LogP) is 3.26. The van der Waals surface area contributed by atoms with Crippen LogP contribution in [-0.2, 0) is 4.74 Å². The molecule has 0 bridgehead atoms. The number of likely N-dealkylation sites (tertiary alicyclic amines) is 1. The van der Waals surface area contributed by atoms with Gasteiger partial charge in [-0.15, -0.1) is 11.6 Å². The number of rotatable bonds is 3. The van der Waals surface area contributed by atoms with Crippen LogP contribution in [0.15, 0.2) is 0 Å². The maximum atomic E-state index is 11.8. The van der Waals surface area contributed by atoms with Crippen LogP contribution in [0.1, 0.15) is 40.0 Å². The molecule has 1 heterocycles. The Bertz CT molecular complexity index is 238. The molecule has 1 fully saturated rings. The smallest absolute Gasteiger partial charge is 0.410 e. The molecule has 0 spiro atoms. The topological polar surface area (TPSA) is 29.5 Å². The molecule has 0 aliphatic carbocycles. The van der Waals surface area contributed by atoms with E-state index in [0.29, 0.717) is 11.8 Å². The van der Waals surface area contributed by atoms with Gasteiger partial charge in [0, 0.05) is 19.0 Å². The van der Waals surface area contributed by atoms with E-state index in [9.17, 15) is 4.79 Å². The van der Waals surface area contributed by atoms with Crippen molar-refractivity contribution in [1.29, 1.82) is 0 Å². The molecule has 0 aromatic carbocycles. The summed E-state index contributed by atoms with van der Waals surface area (Å²) in [7, 11) is 0. The molecule has 1 rings (SSSR count). The van der Waals surface area contributed by atoms with Crippen LogP contribution in [0.25, 0.3) is 0 Å². The molecule has 4 heteroatoms. The Labute approximate surface area is 103 Å². The molecule has 1 aliphatic rings. The van der Waals surface area contributed by atoms with Crippen molar-refractivity contribution in [3.63, 3.8) is 0 Å². The van der Waals surface area contributed by atoms with E-state index >= 15 is 0 Å². The molecular formula is C12H22ClNO2. The van der Waals surface area contributed by atoms with Crippen molar-refractivity contribution in [3.05, 3.63) is 0 Å². The molecule has 0 aromatic rings. The van der Waals surface area contributed by atoms with Gasteiger partial charge in [-0.1, -0.05) is 0 Å². The van der Waals surface area contributed by atoms with Crippen molar-refractivity contribution in [2.75, 3.05) is 19.0 Å². The van der Waals surface area contributed by atoms with Gasteiger partial charge in [-0.2, -0.15) is 0 Å². The monoisotopic (exact) mass is 247 g/mol. The minimum Gasteiger partial charge on any atom is -0.444 e. The summed E-state index contributed by atoms with van der Waals surface area (Å²) in [4.78, 5) is 13.6. The number of carbonyl (C=O) groups excluding carboxylic acids is 1. The lowest BCUT2D eigenvalue weighted by molar-refractivity contribution is 0.0287. The van der Waals surface area contributed by atoms with Gasteiger partial charge in [0.05, 0.1) is 0 Å². The standard InChI is InChI=1S/C12H22ClNO2/c1-12(2,3)16-11(15)14-8-6-10(9-14)5-4-7-13/h10H,4-9H2,1-3H3. The largest absolute Gasteiger partial charge is 0.444 e. The summed E-state index contributed by atoms with van der Waals surface area (Å²) >= 11 is 5.66. The first kappa shape index (κ1) is 13.6. The van der Waals surface area contributed by atoms with E-state index in [1.165, 1.54) is 0 Å². The van der Waals surface area contributed by atoms with E-state index in [4.69, 9.17) is 16.3 Å². The molecule has 0 N–H and O–H groups in total. The fourth-order valence-corrected chi connectivity index (χ4v) is 2.08. The zero-order chi connectivity index (χ0) is 12.2. The van der Waals surface area contributed by atoms with Crippen LogP contribution in [-0.4, -0.2) is 35.6 Å². The number of nitrogens with zero attached hydrogens (tertiary/aromatic N) is 1. The Morgan fingerprint density at radius 2 is 2.19 bits per heavy atom. The summed E-state index contributed by atoms with van der Waals surface area (Å²) in [5.74, 6) is 1.31. The Balaban J connectivity index is 2.32. The number of amides is 1. The van der Waals surface area contributed by atoms with Gasteiger partial charge in [0.1, 0.15) is 5.60 Å². The van der Waals surface area contributed by atoms with Crippen molar-refractivity contribution >= 4 is 17.7 Å². The number of hydrogen-bond donors (Lipinski definition) is 0. The average molecular weight is 248 g/mol. The third-order valence-corrected chi connectivity index (χ3v) is 2.95. The number of alkyl halides is 1. The van der Waals surface area contributed by atoms with Gasteiger partial charge < -0.3 is 9.64 Å². The number of hydrogen-bond acceptors (Lipinski definition) is 2. The highest BCUT2D eigenvalue weighted by Gasteiger charge is 2.29. The fraction of sp³-hybridized carbons (Fsp3) is 0.917. The van der Waals surface area contributed by atoms with Crippen LogP contribution in [0.3, 0.4) is 0 Å². The van der Waals surface area contributed by atoms with E-state index in [2.05, 4.69) is 0 Å². The van der Waals surface area contributed by atoms with Gasteiger partial charge in [-0.25, -0.2) is 4.79 Å². The molecule has 1 amide bonds. The normalized spacial score (nSPS) is 21.2. The van der Waals surface area contributed by atoms with Gasteiger partial charge in [0.25, 0.3) is 0 Å². The van der Waals surface area contributed by atoms with Crippen LogP contribution in [0, 0.1) is 5.92 Å². The Morgan fingerprint density at radius 3 is 2.75 bits per heavy atom. The maximum Gasteiger partial charge on any atom is 0.410 e. The fourth-order valence-electron chi connectivity index (χ4n) is 1.93. The molecule has 1 aliphatic heterocycles. The summed E-state index contributed by atoms with van der Waals surface area (Å²) in [5, 5.41) is 0. The molecule has 0 aromatic heterocycles. The van der Waals surface area contributed by atoms with E-state index in [0.717, 1.165) is 32.4 Å². The second-order valence-electron chi connectivity index (χ2n) is 5.41. The molecule has 1 saturated heterocycles. The zero-order valence-corrected chi connectivity index (χ0v) is 11.2. The van der Waals surface area contributed by atoms with Crippen LogP contribution < -0.4 is 0 Å². The number of halogens is 1. The quantitative estimate of drug-likeness (QED) is 0.717. The number of carbonyl (C=O) groups is 1. The van der Waals surface area contributed by atoms with E-state index in [1.54, 1.807) is 0 Å². The van der Waals surface area contributed by atoms with Gasteiger partial charge in [0.2, 0.25) is 0 Å². The Morgan fingerprint density at radius 1 is 1.50 bits per heavy atom. The number of ether oxygens (including phenoxy) is 1. The van der Waals surface area contributed by atoms with Crippen LogP contribution in [0.5, 0.6) is 0 Å². The first-order valence-corrected chi connectivity index (χ1v) is 6.49. The summed E-state index contributed by atoms with van der Waals surface area (Å²) < 4.78 is 5.34. The molecule has 16 heavy (non-hydrogen) atoms. The average Bonchev–Trinajstić information content (AvgIpc) is 2.60. The van der Waals surface area contributed by atoms with Crippen LogP contribution >= 0.6 is 11.6 Å². The van der Waals surface area contributed by atoms with Crippen LogP contribution in [0.2, 0.25) is 0 Å². The zero-order valence-electron chi connectivity index (χ0n) is 10.5. The van der Waals surface area contributed by atoms with Crippen molar-refractivity contribution in [2.24, 2.45) is 5.92 Å². The summed E-state index contributed by atoms with van der Waals surface area (Å²) in [6.07, 6.45) is 3.05. The highest BCUT2D eigenvalue weighted by Crippen LogP contribution is 2.23. The highest BCUT2D eigenvalue weighted by molar-refractivity contribution is 6.17. The minimum atomic E-state index is -0.398. The lowest BCUT2D eigenvalue weighted by atomic mass is 10.0. The van der Waals surface area contributed by atoms with Crippen molar-refractivity contribution < 1.29 is 9.53 Å². The van der Waals surface area contributed by atoms with Gasteiger partial charge >= 0.3 is 6.09 Å². The van der Waals surface area contributed by atoms with Crippen LogP contribution in [0.4, 0.5) is 4.79 Å². The first-order valence-electron chi connectivity index (χ1n) is 5.96. The van der Waals surface area contributed by atoms with E-state index in [-0.39, 0.29) is 6.09 Å². The summed E-state index contributed by atoms with van der Waals surface area (Å²) in [5.41, 5.74) is -0.398. The molecule has 1 atom stereocenters. The molecule has 1 unspecified atom stereocenters. The van der Waals surface area contributed by atoms with Gasteiger partial charge in [-0.3, -0.25) is 0 Å². The lowest BCUT2D eigenvalue weighted by Crippen LogP contribution is -2.35. The Hall–Kier alpha value is -0.440. The molecule has 94 valence electrons. The van der Waals surface area contributed by atoms with E-state index in [1.807, 2.05) is 25.7 Å². The SMILES string of the molecule is CC(C)(C)OC(=O)N1CCC(CCCCl)C1. The first-order chi connectivity index (χ1) is 7.42.